The van der Waals surface area contributed by atoms with Gasteiger partial charge in [-0.25, -0.2) is 4.79 Å². The Hall–Kier alpha value is -3.35. The van der Waals surface area contributed by atoms with Gasteiger partial charge in [0.2, 0.25) is 11.8 Å². The van der Waals surface area contributed by atoms with Crippen molar-refractivity contribution >= 4 is 17.8 Å². The average molecular weight is 537 g/mol. The average Bonchev–Trinajstić information content (AvgIpc) is 2.90. The van der Waals surface area contributed by atoms with E-state index in [9.17, 15) is 14.4 Å². The zero-order valence-electron chi connectivity index (χ0n) is 23.9. The number of rotatable bonds is 15. The molecule has 1 aliphatic rings. The van der Waals surface area contributed by atoms with Crippen LogP contribution in [0.2, 0.25) is 0 Å². The van der Waals surface area contributed by atoms with Gasteiger partial charge in [0.05, 0.1) is 5.56 Å². The Morgan fingerprint density at radius 1 is 0.949 bits per heavy atom. The van der Waals surface area contributed by atoms with Gasteiger partial charge in [0, 0.05) is 6.54 Å². The summed E-state index contributed by atoms with van der Waals surface area (Å²) < 4.78 is 5.84. The van der Waals surface area contributed by atoms with E-state index in [1.165, 1.54) is 17.7 Å². The maximum atomic E-state index is 13.6. The molecule has 0 spiro atoms. The van der Waals surface area contributed by atoms with Crippen LogP contribution in [0.15, 0.2) is 48.5 Å². The summed E-state index contributed by atoms with van der Waals surface area (Å²) in [6, 6.07) is 13.8. The molecule has 1 fully saturated rings. The van der Waals surface area contributed by atoms with Crippen LogP contribution in [0.4, 0.5) is 0 Å². The lowest BCUT2D eigenvalue weighted by atomic mass is 9.80. The Morgan fingerprint density at radius 3 is 2.15 bits per heavy atom. The molecule has 2 amide bonds. The van der Waals surface area contributed by atoms with Gasteiger partial charge in [-0.05, 0) is 86.4 Å². The van der Waals surface area contributed by atoms with Crippen LogP contribution >= 0.6 is 0 Å². The van der Waals surface area contributed by atoms with Crippen LogP contribution in [0.3, 0.4) is 0 Å². The van der Waals surface area contributed by atoms with Gasteiger partial charge in [0.1, 0.15) is 23.1 Å². The van der Waals surface area contributed by atoms with Gasteiger partial charge >= 0.3 is 5.97 Å². The van der Waals surface area contributed by atoms with Crippen molar-refractivity contribution in [1.82, 2.24) is 10.2 Å². The highest BCUT2D eigenvalue weighted by molar-refractivity contribution is 5.99. The van der Waals surface area contributed by atoms with E-state index in [0.29, 0.717) is 43.2 Å². The SMILES string of the molecule is CCCCN1C(=O)C(CC(C)C)NC(=O)C1(CCC)CCCCc1ccc(Oc2ccc(C(=O)O)cc2)cc1. The molecule has 2 unspecified atom stereocenters. The number of hydrogen-bond acceptors (Lipinski definition) is 4. The van der Waals surface area contributed by atoms with E-state index in [1.807, 2.05) is 29.2 Å². The lowest BCUT2D eigenvalue weighted by molar-refractivity contribution is -0.159. The number of amides is 2. The summed E-state index contributed by atoms with van der Waals surface area (Å²) in [6.45, 7) is 9.01. The first-order valence-electron chi connectivity index (χ1n) is 14.4. The molecule has 2 aromatic carbocycles. The molecule has 7 nitrogen and oxygen atoms in total. The number of carbonyl (C=O) groups excluding carboxylic acids is 2. The fourth-order valence-corrected chi connectivity index (χ4v) is 5.46. The fourth-order valence-electron chi connectivity index (χ4n) is 5.46. The monoisotopic (exact) mass is 536 g/mol. The van der Waals surface area contributed by atoms with E-state index in [2.05, 4.69) is 33.0 Å². The van der Waals surface area contributed by atoms with E-state index >= 15 is 0 Å². The molecular formula is C32H44N2O5. The highest BCUT2D eigenvalue weighted by atomic mass is 16.5. The van der Waals surface area contributed by atoms with Crippen molar-refractivity contribution in [3.05, 3.63) is 59.7 Å². The molecular weight excluding hydrogens is 492 g/mol. The van der Waals surface area contributed by atoms with Crippen molar-refractivity contribution in [1.29, 1.82) is 0 Å². The molecule has 1 heterocycles. The summed E-state index contributed by atoms with van der Waals surface area (Å²) in [4.78, 5) is 40.1. The Balaban J connectivity index is 1.61. The Kier molecular flexibility index (Phi) is 11.0. The zero-order chi connectivity index (χ0) is 28.4. The third kappa shape index (κ3) is 7.84. The predicted molar refractivity (Wildman–Crippen MR) is 153 cm³/mol. The number of nitrogens with zero attached hydrogens (tertiary/aromatic N) is 1. The van der Waals surface area contributed by atoms with Gasteiger partial charge in [0.25, 0.3) is 0 Å². The third-order valence-corrected chi connectivity index (χ3v) is 7.48. The summed E-state index contributed by atoms with van der Waals surface area (Å²) >= 11 is 0. The number of aryl methyl sites for hydroxylation is 1. The van der Waals surface area contributed by atoms with Crippen LogP contribution in [-0.2, 0) is 16.0 Å². The second kappa shape index (κ2) is 14.2. The predicted octanol–water partition coefficient (Wildman–Crippen LogP) is 6.60. The number of benzene rings is 2. The molecule has 212 valence electrons. The number of unbranched alkanes of at least 4 members (excludes halogenated alkanes) is 2. The van der Waals surface area contributed by atoms with E-state index < -0.39 is 17.6 Å². The molecule has 0 aliphatic carbocycles. The van der Waals surface area contributed by atoms with Crippen molar-refractivity contribution in [2.45, 2.75) is 97.1 Å². The van der Waals surface area contributed by atoms with Crippen molar-refractivity contribution in [3.8, 4) is 11.5 Å². The Morgan fingerprint density at radius 2 is 1.59 bits per heavy atom. The van der Waals surface area contributed by atoms with E-state index in [1.54, 1.807) is 12.1 Å². The number of nitrogens with one attached hydrogen (secondary N) is 1. The molecule has 0 saturated carbocycles. The summed E-state index contributed by atoms with van der Waals surface area (Å²) in [6.07, 6.45) is 7.39. The minimum Gasteiger partial charge on any atom is -0.478 e. The maximum absolute atomic E-state index is 13.6. The minimum absolute atomic E-state index is 0.0172. The number of ether oxygens (including phenoxy) is 1. The number of hydrogen-bond donors (Lipinski definition) is 2. The Bertz CT molecular complexity index is 1100. The summed E-state index contributed by atoms with van der Waals surface area (Å²) in [5, 5.41) is 12.1. The van der Waals surface area contributed by atoms with Crippen LogP contribution in [0.25, 0.3) is 0 Å². The van der Waals surface area contributed by atoms with Crippen LogP contribution in [0.5, 0.6) is 11.5 Å². The zero-order valence-corrected chi connectivity index (χ0v) is 23.9. The molecule has 1 saturated heterocycles. The lowest BCUT2D eigenvalue weighted by Gasteiger charge is -2.49. The number of carboxylic acids is 1. The molecule has 2 aromatic rings. The van der Waals surface area contributed by atoms with Gasteiger partial charge in [-0.15, -0.1) is 0 Å². The van der Waals surface area contributed by atoms with Crippen LogP contribution in [-0.4, -0.2) is 45.9 Å². The normalized spacial score (nSPS) is 19.3. The van der Waals surface area contributed by atoms with Gasteiger partial charge in [-0.3, -0.25) is 9.59 Å². The molecule has 0 aromatic heterocycles. The molecule has 0 bridgehead atoms. The largest absolute Gasteiger partial charge is 0.478 e. The number of carbonyl (C=O) groups is 3. The topological polar surface area (TPSA) is 95.9 Å². The number of carboxylic acid groups (broad SMARTS) is 1. The van der Waals surface area contributed by atoms with Gasteiger partial charge in [-0.1, -0.05) is 59.1 Å². The van der Waals surface area contributed by atoms with Crippen LogP contribution in [0.1, 0.15) is 95.0 Å². The molecule has 1 aliphatic heterocycles. The minimum atomic E-state index is -0.966. The second-order valence-corrected chi connectivity index (χ2v) is 11.1. The summed E-state index contributed by atoms with van der Waals surface area (Å²) in [5.41, 5.74) is 0.636. The number of piperazine rings is 1. The molecule has 3 rings (SSSR count). The quantitative estimate of drug-likeness (QED) is 0.250. The van der Waals surface area contributed by atoms with Crippen molar-refractivity contribution < 1.29 is 24.2 Å². The van der Waals surface area contributed by atoms with Gasteiger partial charge in [0.15, 0.2) is 0 Å². The lowest BCUT2D eigenvalue weighted by Crippen LogP contribution is -2.70. The van der Waals surface area contributed by atoms with E-state index in [4.69, 9.17) is 9.84 Å². The smallest absolute Gasteiger partial charge is 0.335 e. The molecule has 2 N–H and O–H groups in total. The standard InChI is InChI=1S/C32H44N2O5/c1-5-7-21-34-29(35)28(22-23(3)4)33-31(38)32(34,19-6-2)20-9-8-10-24-11-15-26(16-12-24)39-27-17-13-25(14-18-27)30(36)37/h11-18,23,28H,5-10,19-22H2,1-4H3,(H,33,38)(H,36,37). The van der Waals surface area contributed by atoms with E-state index in [0.717, 1.165) is 38.5 Å². The third-order valence-electron chi connectivity index (χ3n) is 7.48. The number of aromatic carboxylic acids is 1. The first-order chi connectivity index (χ1) is 18.7. The van der Waals surface area contributed by atoms with E-state index in [-0.39, 0.29) is 17.4 Å². The second-order valence-electron chi connectivity index (χ2n) is 11.1. The van der Waals surface area contributed by atoms with Crippen molar-refractivity contribution in [3.63, 3.8) is 0 Å². The fraction of sp³-hybridized carbons (Fsp3) is 0.531. The maximum Gasteiger partial charge on any atom is 0.335 e. The van der Waals surface area contributed by atoms with Gasteiger partial charge in [-0.2, -0.15) is 0 Å². The molecule has 2 atom stereocenters. The Labute approximate surface area is 232 Å². The first-order valence-corrected chi connectivity index (χ1v) is 14.4. The molecule has 39 heavy (non-hydrogen) atoms. The summed E-state index contributed by atoms with van der Waals surface area (Å²) in [5.74, 6) is 0.731. The van der Waals surface area contributed by atoms with Crippen LogP contribution < -0.4 is 10.1 Å². The highest BCUT2D eigenvalue weighted by Crippen LogP contribution is 2.34. The highest BCUT2D eigenvalue weighted by Gasteiger charge is 2.51. The van der Waals surface area contributed by atoms with Crippen LogP contribution in [0, 0.1) is 5.92 Å². The molecule has 0 radical (unpaired) electrons. The first kappa shape index (κ1) is 30.2. The summed E-state index contributed by atoms with van der Waals surface area (Å²) in [7, 11) is 0. The van der Waals surface area contributed by atoms with Crippen molar-refractivity contribution in [2.24, 2.45) is 5.92 Å². The van der Waals surface area contributed by atoms with Gasteiger partial charge < -0.3 is 20.1 Å². The van der Waals surface area contributed by atoms with Crippen molar-refractivity contribution in [2.75, 3.05) is 6.54 Å². The molecule has 7 heteroatoms.